The van der Waals surface area contributed by atoms with Crippen molar-refractivity contribution in [2.75, 3.05) is 11.1 Å². The molecule has 34 heavy (non-hydrogen) atoms. The molecule has 0 bridgehead atoms. The topological polar surface area (TPSA) is 59.8 Å². The summed E-state index contributed by atoms with van der Waals surface area (Å²) in [5.74, 6) is 1.14. The monoisotopic (exact) mass is 490 g/mol. The van der Waals surface area contributed by atoms with Gasteiger partial charge < -0.3 is 5.32 Å². The van der Waals surface area contributed by atoms with Gasteiger partial charge in [0.15, 0.2) is 11.0 Å². The number of hydrogen-bond acceptors (Lipinski definition) is 4. The number of halogens is 1. The van der Waals surface area contributed by atoms with E-state index < -0.39 is 0 Å². The number of thioether (sulfide) groups is 1. The van der Waals surface area contributed by atoms with E-state index in [-0.39, 0.29) is 11.7 Å². The predicted octanol–water partition coefficient (Wildman–Crippen LogP) is 6.81. The fourth-order valence-corrected chi connectivity index (χ4v) is 4.75. The summed E-state index contributed by atoms with van der Waals surface area (Å²) in [6.45, 7) is 6.84. The second-order valence-corrected chi connectivity index (χ2v) is 9.74. The normalized spacial score (nSPS) is 11.1. The molecule has 1 amide bonds. The Morgan fingerprint density at radius 2 is 1.74 bits per heavy atom. The maximum atomic E-state index is 12.9. The summed E-state index contributed by atoms with van der Waals surface area (Å²) < 4.78 is 2.02. The minimum absolute atomic E-state index is 0.0743. The summed E-state index contributed by atoms with van der Waals surface area (Å²) in [4.78, 5) is 12.9. The Hall–Kier alpha value is -3.09. The molecule has 5 nitrogen and oxygen atoms in total. The van der Waals surface area contributed by atoms with Gasteiger partial charge in [-0.05, 0) is 41.7 Å². The highest BCUT2D eigenvalue weighted by molar-refractivity contribution is 7.99. The van der Waals surface area contributed by atoms with Gasteiger partial charge in [0.1, 0.15) is 0 Å². The van der Waals surface area contributed by atoms with Crippen LogP contribution in [0.25, 0.3) is 11.4 Å². The third-order valence-corrected chi connectivity index (χ3v) is 6.84. The molecular weight excluding hydrogens is 464 g/mol. The molecule has 0 aliphatic rings. The first-order chi connectivity index (χ1) is 16.4. The fraction of sp³-hybridized carbons (Fsp3) is 0.222. The summed E-state index contributed by atoms with van der Waals surface area (Å²) in [5, 5.41) is 13.2. The molecule has 3 aromatic carbocycles. The Bertz CT molecular complexity index is 1290. The number of nitrogens with one attached hydrogen (secondary N) is 1. The number of aryl methyl sites for hydroxylation is 1. The van der Waals surface area contributed by atoms with Crippen LogP contribution in [-0.2, 0) is 11.3 Å². The Balaban J connectivity index is 1.58. The van der Waals surface area contributed by atoms with Crippen LogP contribution in [0, 0.1) is 6.92 Å². The lowest BCUT2D eigenvalue weighted by Gasteiger charge is -2.16. The van der Waals surface area contributed by atoms with Crippen LogP contribution in [-0.4, -0.2) is 26.4 Å². The van der Waals surface area contributed by atoms with Crippen LogP contribution >= 0.6 is 23.4 Å². The van der Waals surface area contributed by atoms with Gasteiger partial charge in [0.25, 0.3) is 0 Å². The third kappa shape index (κ3) is 5.51. The quantitative estimate of drug-likeness (QED) is 0.275. The van der Waals surface area contributed by atoms with Crippen molar-refractivity contribution in [1.29, 1.82) is 0 Å². The van der Waals surface area contributed by atoms with Crippen molar-refractivity contribution in [1.82, 2.24) is 14.8 Å². The van der Waals surface area contributed by atoms with E-state index >= 15 is 0 Å². The number of carbonyl (C=O) groups is 1. The van der Waals surface area contributed by atoms with E-state index in [4.69, 9.17) is 11.6 Å². The lowest BCUT2D eigenvalue weighted by atomic mass is 9.98. The first kappa shape index (κ1) is 24.0. The molecule has 0 radical (unpaired) electrons. The molecule has 4 aromatic rings. The number of nitrogens with zero attached hydrogens (tertiary/aromatic N) is 3. The number of rotatable bonds is 8. The zero-order chi connectivity index (χ0) is 24.1. The van der Waals surface area contributed by atoms with E-state index in [1.165, 1.54) is 11.8 Å². The summed E-state index contributed by atoms with van der Waals surface area (Å²) in [6.07, 6.45) is 0. The Morgan fingerprint density at radius 1 is 1.00 bits per heavy atom. The van der Waals surface area contributed by atoms with Crippen LogP contribution in [0.3, 0.4) is 0 Å². The molecule has 1 aromatic heterocycles. The molecule has 0 unspecified atom stereocenters. The maximum absolute atomic E-state index is 12.9. The van der Waals surface area contributed by atoms with Gasteiger partial charge in [0.05, 0.1) is 17.3 Å². The Labute approximate surface area is 209 Å². The van der Waals surface area contributed by atoms with Gasteiger partial charge in [0.2, 0.25) is 5.91 Å². The van der Waals surface area contributed by atoms with Crippen molar-refractivity contribution in [2.24, 2.45) is 0 Å². The molecule has 0 spiro atoms. The van der Waals surface area contributed by atoms with Crippen LogP contribution < -0.4 is 5.32 Å². The standard InChI is InChI=1S/C27H27ClN4OS/c1-18(2)21-14-9-10-19(3)25(21)29-24(33)17-34-27-31-30-26(22-13-7-8-15-23(22)28)32(27)16-20-11-5-4-6-12-20/h4-15,18H,16-17H2,1-3H3,(H,29,33). The summed E-state index contributed by atoms with van der Waals surface area (Å²) in [5.41, 5.74) is 5.00. The highest BCUT2D eigenvalue weighted by atomic mass is 35.5. The van der Waals surface area contributed by atoms with Gasteiger partial charge in [0, 0.05) is 11.3 Å². The third-order valence-electron chi connectivity index (χ3n) is 5.54. The van der Waals surface area contributed by atoms with Crippen LogP contribution in [0.15, 0.2) is 78.0 Å². The van der Waals surface area contributed by atoms with Crippen LogP contribution in [0.2, 0.25) is 5.02 Å². The van der Waals surface area contributed by atoms with E-state index in [0.29, 0.717) is 28.5 Å². The van der Waals surface area contributed by atoms with Gasteiger partial charge in [-0.2, -0.15) is 0 Å². The molecule has 0 aliphatic heterocycles. The minimum Gasteiger partial charge on any atom is -0.325 e. The highest BCUT2D eigenvalue weighted by Crippen LogP contribution is 2.31. The maximum Gasteiger partial charge on any atom is 0.234 e. The zero-order valence-corrected chi connectivity index (χ0v) is 21.0. The number of benzene rings is 3. The summed E-state index contributed by atoms with van der Waals surface area (Å²) in [7, 11) is 0. The highest BCUT2D eigenvalue weighted by Gasteiger charge is 2.19. The Morgan fingerprint density at radius 3 is 2.47 bits per heavy atom. The molecule has 174 valence electrons. The second-order valence-electron chi connectivity index (χ2n) is 8.39. The lowest BCUT2D eigenvalue weighted by Crippen LogP contribution is -2.17. The van der Waals surface area contributed by atoms with Crippen molar-refractivity contribution >= 4 is 35.0 Å². The molecule has 1 N–H and O–H groups in total. The molecule has 0 aliphatic carbocycles. The summed E-state index contributed by atoms with van der Waals surface area (Å²) in [6, 6.07) is 23.8. The molecule has 4 rings (SSSR count). The molecule has 7 heteroatoms. The van der Waals surface area contributed by atoms with Crippen molar-refractivity contribution in [3.8, 4) is 11.4 Å². The van der Waals surface area contributed by atoms with E-state index in [2.05, 4.69) is 47.6 Å². The van der Waals surface area contributed by atoms with Crippen LogP contribution in [0.4, 0.5) is 5.69 Å². The van der Waals surface area contributed by atoms with E-state index in [0.717, 1.165) is 27.9 Å². The number of anilines is 1. The SMILES string of the molecule is Cc1cccc(C(C)C)c1NC(=O)CSc1nnc(-c2ccccc2Cl)n1Cc1ccccc1. The largest absolute Gasteiger partial charge is 0.325 e. The molecule has 1 heterocycles. The average Bonchev–Trinajstić information content (AvgIpc) is 3.22. The van der Waals surface area contributed by atoms with Crippen molar-refractivity contribution in [3.63, 3.8) is 0 Å². The number of amides is 1. The van der Waals surface area contributed by atoms with E-state index in [1.54, 1.807) is 0 Å². The zero-order valence-electron chi connectivity index (χ0n) is 19.5. The van der Waals surface area contributed by atoms with Crippen molar-refractivity contribution < 1.29 is 4.79 Å². The minimum atomic E-state index is -0.0743. The summed E-state index contributed by atoms with van der Waals surface area (Å²) >= 11 is 7.83. The average molecular weight is 491 g/mol. The van der Waals surface area contributed by atoms with Gasteiger partial charge in [-0.15, -0.1) is 10.2 Å². The molecule has 0 saturated carbocycles. The number of aromatic nitrogens is 3. The number of para-hydroxylation sites is 1. The van der Waals surface area contributed by atoms with Crippen molar-refractivity contribution in [3.05, 3.63) is 94.5 Å². The molecule has 0 fully saturated rings. The van der Waals surface area contributed by atoms with Crippen molar-refractivity contribution in [2.45, 2.75) is 38.4 Å². The van der Waals surface area contributed by atoms with Crippen LogP contribution in [0.5, 0.6) is 0 Å². The van der Waals surface area contributed by atoms with E-state index in [1.807, 2.05) is 66.1 Å². The smallest absolute Gasteiger partial charge is 0.234 e. The first-order valence-corrected chi connectivity index (χ1v) is 12.5. The van der Waals surface area contributed by atoms with Gasteiger partial charge in [-0.1, -0.05) is 97.9 Å². The number of hydrogen-bond donors (Lipinski definition) is 1. The van der Waals surface area contributed by atoms with Gasteiger partial charge in [-0.3, -0.25) is 9.36 Å². The second kappa shape index (κ2) is 10.9. The first-order valence-electron chi connectivity index (χ1n) is 11.2. The lowest BCUT2D eigenvalue weighted by molar-refractivity contribution is -0.113. The molecule has 0 atom stereocenters. The van der Waals surface area contributed by atoms with E-state index in [9.17, 15) is 4.79 Å². The van der Waals surface area contributed by atoms with Crippen LogP contribution in [0.1, 0.15) is 36.5 Å². The Kier molecular flexibility index (Phi) is 7.70. The predicted molar refractivity (Wildman–Crippen MR) is 141 cm³/mol. The fourth-order valence-electron chi connectivity index (χ4n) is 3.79. The number of carbonyl (C=O) groups excluding carboxylic acids is 1. The van der Waals surface area contributed by atoms with Gasteiger partial charge >= 0.3 is 0 Å². The molecular formula is C27H27ClN4OS. The van der Waals surface area contributed by atoms with Gasteiger partial charge in [-0.25, -0.2) is 0 Å². The molecule has 0 saturated heterocycles.